The van der Waals surface area contributed by atoms with E-state index in [-0.39, 0.29) is 22.9 Å². The lowest BCUT2D eigenvalue weighted by molar-refractivity contribution is 0.230. The van der Waals surface area contributed by atoms with Crippen molar-refractivity contribution in [2.45, 2.75) is 32.9 Å². The summed E-state index contributed by atoms with van der Waals surface area (Å²) in [5, 5.41) is 20.6. The van der Waals surface area contributed by atoms with E-state index in [1.54, 1.807) is 37.8 Å². The molecule has 0 unspecified atom stereocenters. The van der Waals surface area contributed by atoms with Gasteiger partial charge in [0.25, 0.3) is 0 Å². The van der Waals surface area contributed by atoms with Gasteiger partial charge in [0, 0.05) is 51.6 Å². The summed E-state index contributed by atoms with van der Waals surface area (Å²) in [6.07, 6.45) is 2.97. The van der Waals surface area contributed by atoms with E-state index in [0.29, 0.717) is 34.5 Å². The highest BCUT2D eigenvalue weighted by Gasteiger charge is 2.30. The molecule has 0 saturated heterocycles. The Hall–Kier alpha value is -4.86. The fourth-order valence-electron chi connectivity index (χ4n) is 4.30. The molecule has 196 valence electrons. The van der Waals surface area contributed by atoms with Gasteiger partial charge in [-0.05, 0) is 26.8 Å². The number of fused-ring (bicyclic) bond motifs is 2. The predicted molar refractivity (Wildman–Crippen MR) is 143 cm³/mol. The number of carbonyl (C=O) groups excluding carboxylic acids is 1. The van der Waals surface area contributed by atoms with Gasteiger partial charge in [-0.2, -0.15) is 15.3 Å². The summed E-state index contributed by atoms with van der Waals surface area (Å²) >= 11 is 0. The minimum absolute atomic E-state index is 0.0149. The first-order chi connectivity index (χ1) is 18.0. The van der Waals surface area contributed by atoms with Crippen molar-refractivity contribution in [3.05, 3.63) is 36.2 Å². The Kier molecular flexibility index (Phi) is 6.02. The fraction of sp³-hybridized carbons (Fsp3) is 0.360. The van der Waals surface area contributed by atoms with Crippen molar-refractivity contribution < 1.29 is 9.53 Å². The summed E-state index contributed by atoms with van der Waals surface area (Å²) in [5.74, 6) is 3.17. The third-order valence-electron chi connectivity index (χ3n) is 6.20. The highest BCUT2D eigenvalue weighted by Crippen LogP contribution is 2.34. The smallest absolute Gasteiger partial charge is 0.322 e. The van der Waals surface area contributed by atoms with Crippen LogP contribution in [0.15, 0.2) is 30.6 Å². The first-order valence-corrected chi connectivity index (χ1v) is 12.1. The molecule has 0 saturated carbocycles. The van der Waals surface area contributed by atoms with Gasteiger partial charge in [0.1, 0.15) is 34.5 Å². The van der Waals surface area contributed by atoms with Crippen LogP contribution in [0.3, 0.4) is 0 Å². The summed E-state index contributed by atoms with van der Waals surface area (Å²) < 4.78 is 9.72. The lowest BCUT2D eigenvalue weighted by Crippen LogP contribution is -2.40. The van der Waals surface area contributed by atoms with Gasteiger partial charge in [0.2, 0.25) is 5.95 Å². The first kappa shape index (κ1) is 24.8. The third kappa shape index (κ3) is 4.52. The zero-order valence-corrected chi connectivity index (χ0v) is 22.1. The molecule has 0 fully saturated rings. The number of ether oxygens (including phenoxy) is 1. The van der Waals surface area contributed by atoms with E-state index in [1.807, 2.05) is 10.7 Å². The average Bonchev–Trinajstić information content (AvgIpc) is 3.52. The molecule has 5 rings (SSSR count). The monoisotopic (exact) mass is 515 g/mol. The van der Waals surface area contributed by atoms with Crippen molar-refractivity contribution in [1.82, 2.24) is 34.2 Å². The standard InChI is InChI=1S/C25H29N11O2/c1-25(2,3)35-9-10-36-20(35)12-19(32-36)29-23-31-22-21(34(23)6)16(13-26)17(14-28-22)38-15-7-8-27-18(11-15)30-24(37)33(4)5/h7-8,11-12,14H,9-10H2,1-6H3,(H,27,30,37)(H,28,29,31,32). The molecule has 2 N–H and O–H groups in total. The van der Waals surface area contributed by atoms with Crippen LogP contribution in [0.5, 0.6) is 11.5 Å². The number of urea groups is 1. The van der Waals surface area contributed by atoms with Crippen LogP contribution in [0.4, 0.5) is 28.2 Å². The highest BCUT2D eigenvalue weighted by atomic mass is 16.5. The Morgan fingerprint density at radius 3 is 2.68 bits per heavy atom. The zero-order valence-electron chi connectivity index (χ0n) is 22.1. The van der Waals surface area contributed by atoms with Crippen molar-refractivity contribution in [2.75, 3.05) is 36.2 Å². The van der Waals surface area contributed by atoms with E-state index in [1.165, 1.54) is 17.3 Å². The SMILES string of the molecule is CN(C)C(=O)Nc1cc(Oc2cnc3nc(Nc4cc5n(n4)CCN5C(C)(C)C)n(C)c3c2C#N)ccn1. The van der Waals surface area contributed by atoms with Crippen molar-refractivity contribution in [1.29, 1.82) is 5.26 Å². The van der Waals surface area contributed by atoms with E-state index >= 15 is 0 Å². The van der Waals surface area contributed by atoms with Crippen molar-refractivity contribution in [2.24, 2.45) is 7.05 Å². The highest BCUT2D eigenvalue weighted by molar-refractivity contribution is 5.88. The number of nitrogens with one attached hydrogen (secondary N) is 2. The fourth-order valence-corrected chi connectivity index (χ4v) is 4.30. The molecule has 4 aromatic heterocycles. The van der Waals surface area contributed by atoms with Crippen LogP contribution in [-0.4, -0.2) is 66.4 Å². The normalized spacial score (nSPS) is 12.8. The maximum atomic E-state index is 12.0. The van der Waals surface area contributed by atoms with Gasteiger partial charge in [0.15, 0.2) is 17.2 Å². The minimum atomic E-state index is -0.320. The molecule has 2 amide bonds. The molecule has 0 aliphatic carbocycles. The second-order valence-corrected chi connectivity index (χ2v) is 10.1. The Morgan fingerprint density at radius 1 is 1.18 bits per heavy atom. The summed E-state index contributed by atoms with van der Waals surface area (Å²) in [5.41, 5.74) is 1.18. The molecule has 5 heterocycles. The quantitative estimate of drug-likeness (QED) is 0.407. The Balaban J connectivity index is 1.43. The van der Waals surface area contributed by atoms with Gasteiger partial charge in [0.05, 0.1) is 12.7 Å². The maximum absolute atomic E-state index is 12.0. The molecule has 0 radical (unpaired) electrons. The largest absolute Gasteiger partial charge is 0.454 e. The van der Waals surface area contributed by atoms with Crippen molar-refractivity contribution in [3.63, 3.8) is 0 Å². The average molecular weight is 516 g/mol. The van der Waals surface area contributed by atoms with E-state index in [2.05, 4.69) is 62.4 Å². The van der Waals surface area contributed by atoms with E-state index < -0.39 is 0 Å². The minimum Gasteiger partial charge on any atom is -0.454 e. The second-order valence-electron chi connectivity index (χ2n) is 10.1. The molecular formula is C25H29N11O2. The molecule has 1 aliphatic heterocycles. The number of amides is 2. The van der Waals surface area contributed by atoms with E-state index in [9.17, 15) is 10.1 Å². The molecule has 13 heteroatoms. The number of nitriles is 1. The molecule has 4 aromatic rings. The van der Waals surface area contributed by atoms with Crippen LogP contribution in [0.1, 0.15) is 26.3 Å². The van der Waals surface area contributed by atoms with Gasteiger partial charge in [-0.1, -0.05) is 0 Å². The molecule has 0 aromatic carbocycles. The van der Waals surface area contributed by atoms with Gasteiger partial charge < -0.3 is 24.4 Å². The number of hydrogen-bond acceptors (Lipinski definition) is 9. The molecule has 0 bridgehead atoms. The van der Waals surface area contributed by atoms with Crippen molar-refractivity contribution in [3.8, 4) is 17.6 Å². The van der Waals surface area contributed by atoms with E-state index in [0.717, 1.165) is 18.9 Å². The number of anilines is 4. The van der Waals surface area contributed by atoms with Crippen LogP contribution in [-0.2, 0) is 13.6 Å². The van der Waals surface area contributed by atoms with Crippen LogP contribution in [0.25, 0.3) is 11.2 Å². The van der Waals surface area contributed by atoms with Crippen LogP contribution < -0.4 is 20.3 Å². The number of aromatic nitrogens is 6. The third-order valence-corrected chi connectivity index (χ3v) is 6.20. The number of pyridine rings is 2. The molecule has 0 atom stereocenters. The molecule has 0 spiro atoms. The Morgan fingerprint density at radius 2 is 1.97 bits per heavy atom. The van der Waals surface area contributed by atoms with Crippen LogP contribution >= 0.6 is 0 Å². The molecule has 1 aliphatic rings. The van der Waals surface area contributed by atoms with Crippen LogP contribution in [0, 0.1) is 11.3 Å². The topological polar surface area (TPSA) is 142 Å². The number of imidazole rings is 1. The number of rotatable bonds is 5. The second kappa shape index (κ2) is 9.22. The van der Waals surface area contributed by atoms with Gasteiger partial charge in [-0.3, -0.25) is 5.32 Å². The number of nitrogens with zero attached hydrogens (tertiary/aromatic N) is 9. The lowest BCUT2D eigenvalue weighted by atomic mass is 10.1. The van der Waals surface area contributed by atoms with Gasteiger partial charge in [-0.15, -0.1) is 0 Å². The van der Waals surface area contributed by atoms with Crippen LogP contribution in [0.2, 0.25) is 0 Å². The lowest BCUT2D eigenvalue weighted by Gasteiger charge is -2.32. The summed E-state index contributed by atoms with van der Waals surface area (Å²) in [4.78, 5) is 28.8. The maximum Gasteiger partial charge on any atom is 0.322 e. The number of aryl methyl sites for hydroxylation is 1. The van der Waals surface area contributed by atoms with Gasteiger partial charge >= 0.3 is 6.03 Å². The Labute approximate surface area is 219 Å². The summed E-state index contributed by atoms with van der Waals surface area (Å²) in [6, 6.07) is 7.10. The van der Waals surface area contributed by atoms with Gasteiger partial charge in [-0.25, -0.2) is 19.4 Å². The number of carbonyl (C=O) groups is 1. The predicted octanol–water partition coefficient (Wildman–Crippen LogP) is 3.68. The van der Waals surface area contributed by atoms with Crippen molar-refractivity contribution >= 4 is 40.6 Å². The number of hydrogen-bond donors (Lipinski definition) is 2. The Bertz CT molecular complexity index is 1570. The first-order valence-electron chi connectivity index (χ1n) is 12.1. The molecular weight excluding hydrogens is 486 g/mol. The molecule has 13 nitrogen and oxygen atoms in total. The summed E-state index contributed by atoms with van der Waals surface area (Å²) in [6.45, 7) is 8.26. The van der Waals surface area contributed by atoms with E-state index in [4.69, 9.17) is 4.74 Å². The summed E-state index contributed by atoms with van der Waals surface area (Å²) in [7, 11) is 5.07. The molecule has 38 heavy (non-hydrogen) atoms. The zero-order chi connectivity index (χ0) is 27.2.